The van der Waals surface area contributed by atoms with Crippen molar-refractivity contribution in [3.63, 3.8) is 0 Å². The van der Waals surface area contributed by atoms with Crippen molar-refractivity contribution in [1.82, 2.24) is 4.57 Å². The molecule has 2 rings (SSSR count). The predicted molar refractivity (Wildman–Crippen MR) is 127 cm³/mol. The van der Waals surface area contributed by atoms with Gasteiger partial charge in [0.05, 0.1) is 0 Å². The van der Waals surface area contributed by atoms with Gasteiger partial charge in [-0.05, 0) is 32.0 Å². The van der Waals surface area contributed by atoms with Gasteiger partial charge in [0.15, 0.2) is 5.69 Å². The van der Waals surface area contributed by atoms with Crippen LogP contribution in [0.25, 0.3) is 0 Å². The number of aromatic hydroxyl groups is 1. The van der Waals surface area contributed by atoms with Crippen molar-refractivity contribution in [2.75, 3.05) is 10.6 Å². The molecule has 12 nitrogen and oxygen atoms in total. The molecule has 1 aromatic carbocycles. The lowest BCUT2D eigenvalue weighted by atomic mass is 10.1. The molecule has 1 atom stereocenters. The number of nitrogens with one attached hydrogen (secondary N) is 1. The standard InChI is InChI=1S/C18H19Br2N5O7S/c1-3-25-17(28)13(15(21)26)8(2)14(18(25)29)24-23-11-6-9(22-16(27)10(20)7-19)4-5-12(11)33(30,31)32/h4-6,10,28H,3,7H2,1-2H3,(H2,21,26)(H,22,27)(H,30,31,32). The first-order valence-electron chi connectivity index (χ1n) is 9.13. The van der Waals surface area contributed by atoms with E-state index in [-0.39, 0.29) is 29.0 Å². The van der Waals surface area contributed by atoms with Crippen molar-refractivity contribution in [3.8, 4) is 5.88 Å². The number of nitrogens with zero attached hydrogens (tertiary/aromatic N) is 3. The zero-order valence-corrected chi connectivity index (χ0v) is 21.2. The van der Waals surface area contributed by atoms with Gasteiger partial charge < -0.3 is 16.2 Å². The number of pyridine rings is 1. The van der Waals surface area contributed by atoms with Crippen LogP contribution < -0.4 is 16.6 Å². The minimum atomic E-state index is -4.75. The molecule has 0 aliphatic heterocycles. The number of hydrogen-bond donors (Lipinski definition) is 4. The maximum absolute atomic E-state index is 12.7. The summed E-state index contributed by atoms with van der Waals surface area (Å²) in [5.41, 5.74) is 3.44. The number of hydrogen-bond acceptors (Lipinski definition) is 8. The molecule has 5 N–H and O–H groups in total. The fourth-order valence-corrected chi connectivity index (χ4v) is 3.81. The van der Waals surface area contributed by atoms with E-state index in [1.54, 1.807) is 0 Å². The molecule has 0 saturated carbocycles. The first kappa shape index (κ1) is 26.6. The Kier molecular flexibility index (Phi) is 8.51. The predicted octanol–water partition coefficient (Wildman–Crippen LogP) is 2.74. The van der Waals surface area contributed by atoms with E-state index in [9.17, 15) is 32.5 Å². The highest BCUT2D eigenvalue weighted by molar-refractivity contribution is 9.12. The summed E-state index contributed by atoms with van der Waals surface area (Å²) in [6.45, 7) is 2.83. The van der Waals surface area contributed by atoms with Crippen LogP contribution in [-0.2, 0) is 21.5 Å². The van der Waals surface area contributed by atoms with Gasteiger partial charge in [0.1, 0.15) is 21.0 Å². The van der Waals surface area contributed by atoms with Gasteiger partial charge in [-0.1, -0.05) is 31.9 Å². The third-order valence-electron chi connectivity index (χ3n) is 4.40. The summed E-state index contributed by atoms with van der Waals surface area (Å²) in [7, 11) is -4.75. The summed E-state index contributed by atoms with van der Waals surface area (Å²) in [6, 6.07) is 3.36. The zero-order chi connectivity index (χ0) is 25.1. The molecule has 0 radical (unpaired) electrons. The second-order valence-corrected chi connectivity index (χ2v) is 9.70. The largest absolute Gasteiger partial charge is 0.494 e. The molecule has 0 spiro atoms. The average Bonchev–Trinajstić information content (AvgIpc) is 2.72. The van der Waals surface area contributed by atoms with E-state index in [1.165, 1.54) is 19.9 Å². The van der Waals surface area contributed by atoms with Crippen LogP contribution in [0, 0.1) is 6.92 Å². The van der Waals surface area contributed by atoms with E-state index in [2.05, 4.69) is 47.4 Å². The number of benzene rings is 1. The fraction of sp³-hybridized carbons (Fsp3) is 0.278. The topological polar surface area (TPSA) is 194 Å². The van der Waals surface area contributed by atoms with Crippen molar-refractivity contribution >= 4 is 70.9 Å². The minimum Gasteiger partial charge on any atom is -0.494 e. The smallest absolute Gasteiger partial charge is 0.296 e. The highest BCUT2D eigenvalue weighted by Crippen LogP contribution is 2.31. The lowest BCUT2D eigenvalue weighted by Gasteiger charge is -2.13. The van der Waals surface area contributed by atoms with E-state index in [4.69, 9.17) is 5.73 Å². The van der Waals surface area contributed by atoms with Crippen LogP contribution in [-0.4, -0.2) is 44.6 Å². The summed E-state index contributed by atoms with van der Waals surface area (Å²) in [4.78, 5) is 35.3. The third-order valence-corrected chi connectivity index (χ3v) is 7.56. The Morgan fingerprint density at radius 2 is 1.94 bits per heavy atom. The number of nitrogens with two attached hydrogens (primary N) is 1. The van der Waals surface area contributed by atoms with Crippen LogP contribution >= 0.6 is 31.9 Å². The van der Waals surface area contributed by atoms with E-state index in [0.717, 1.165) is 16.7 Å². The SMILES string of the molecule is CCn1c(O)c(C(N)=O)c(C)c(N=Nc2cc(NC(=O)C(Br)CBr)ccc2S(=O)(=O)O)c1=O. The Morgan fingerprint density at radius 1 is 1.30 bits per heavy atom. The minimum absolute atomic E-state index is 0.0210. The van der Waals surface area contributed by atoms with Crippen LogP contribution in [0.3, 0.4) is 0 Å². The van der Waals surface area contributed by atoms with E-state index >= 15 is 0 Å². The second-order valence-electron chi connectivity index (χ2n) is 6.55. The molecule has 1 aromatic heterocycles. The Balaban J connectivity index is 2.69. The molecule has 1 heterocycles. The van der Waals surface area contributed by atoms with Gasteiger partial charge in [0.25, 0.3) is 21.6 Å². The van der Waals surface area contributed by atoms with Gasteiger partial charge in [-0.25, -0.2) is 0 Å². The maximum Gasteiger partial charge on any atom is 0.296 e. The number of azo groups is 1. The third kappa shape index (κ3) is 5.85. The van der Waals surface area contributed by atoms with Crippen LogP contribution in [0.5, 0.6) is 5.88 Å². The summed E-state index contributed by atoms with van der Waals surface area (Å²) in [5.74, 6) is -2.09. The van der Waals surface area contributed by atoms with E-state index < -0.39 is 48.8 Å². The van der Waals surface area contributed by atoms with E-state index in [1.807, 2.05) is 0 Å². The molecular weight excluding hydrogens is 590 g/mol. The molecule has 0 bridgehead atoms. The first-order valence-corrected chi connectivity index (χ1v) is 12.6. The number of alkyl halides is 2. The van der Waals surface area contributed by atoms with Crippen LogP contribution in [0.4, 0.5) is 17.1 Å². The molecule has 15 heteroatoms. The number of anilines is 1. The molecule has 178 valence electrons. The highest BCUT2D eigenvalue weighted by atomic mass is 79.9. The van der Waals surface area contributed by atoms with Gasteiger partial charge in [-0.3, -0.25) is 23.5 Å². The molecule has 0 aliphatic rings. The van der Waals surface area contributed by atoms with Crippen LogP contribution in [0.1, 0.15) is 22.8 Å². The van der Waals surface area contributed by atoms with Crippen LogP contribution in [0.15, 0.2) is 38.1 Å². The van der Waals surface area contributed by atoms with Gasteiger partial charge >= 0.3 is 0 Å². The molecular formula is C18H19Br2N5O7S. The van der Waals surface area contributed by atoms with Crippen molar-refractivity contribution in [2.24, 2.45) is 16.0 Å². The van der Waals surface area contributed by atoms with Gasteiger partial charge in [-0.2, -0.15) is 8.42 Å². The Hall–Kier alpha value is -2.62. The van der Waals surface area contributed by atoms with Crippen molar-refractivity contribution in [2.45, 2.75) is 30.1 Å². The summed E-state index contributed by atoms with van der Waals surface area (Å²) >= 11 is 6.29. The highest BCUT2D eigenvalue weighted by Gasteiger charge is 2.23. The summed E-state index contributed by atoms with van der Waals surface area (Å²) in [6.07, 6.45) is 0. The molecule has 0 saturated heterocycles. The fourth-order valence-electron chi connectivity index (χ4n) is 2.80. The lowest BCUT2D eigenvalue weighted by molar-refractivity contribution is -0.115. The first-order chi connectivity index (χ1) is 15.3. The molecule has 1 unspecified atom stereocenters. The maximum atomic E-state index is 12.7. The molecule has 2 aromatic rings. The monoisotopic (exact) mass is 607 g/mol. The average molecular weight is 609 g/mol. The number of primary amides is 1. The molecule has 0 aliphatic carbocycles. The zero-order valence-electron chi connectivity index (χ0n) is 17.2. The molecule has 0 fully saturated rings. The van der Waals surface area contributed by atoms with Crippen molar-refractivity contribution < 1.29 is 27.7 Å². The number of rotatable bonds is 8. The Labute approximate surface area is 204 Å². The molecule has 2 amide bonds. The number of halogens is 2. The lowest BCUT2D eigenvalue weighted by Crippen LogP contribution is -2.25. The van der Waals surface area contributed by atoms with Crippen molar-refractivity contribution in [3.05, 3.63) is 39.7 Å². The van der Waals surface area contributed by atoms with Crippen LogP contribution in [0.2, 0.25) is 0 Å². The Morgan fingerprint density at radius 3 is 2.45 bits per heavy atom. The molecule has 33 heavy (non-hydrogen) atoms. The van der Waals surface area contributed by atoms with Gasteiger partial charge in [0, 0.05) is 23.1 Å². The van der Waals surface area contributed by atoms with Gasteiger partial charge in [0.2, 0.25) is 11.8 Å². The summed E-state index contributed by atoms with van der Waals surface area (Å²) in [5, 5.41) is 20.6. The van der Waals surface area contributed by atoms with Crippen molar-refractivity contribution in [1.29, 1.82) is 0 Å². The number of carbonyl (C=O) groups is 2. The number of amides is 2. The van der Waals surface area contributed by atoms with Gasteiger partial charge in [-0.15, -0.1) is 10.2 Å². The van der Waals surface area contributed by atoms with E-state index in [0.29, 0.717) is 5.33 Å². The quantitative estimate of drug-likeness (QED) is 0.201. The number of aromatic nitrogens is 1. The summed E-state index contributed by atoms with van der Waals surface area (Å²) < 4.78 is 33.9. The number of carbonyl (C=O) groups excluding carboxylic acids is 2. The second kappa shape index (κ2) is 10.5. The normalized spacial score (nSPS) is 12.6. The Bertz CT molecular complexity index is 1310.